The average Bonchev–Trinajstić information content (AvgIpc) is 2.37. The fourth-order valence-corrected chi connectivity index (χ4v) is 3.18. The lowest BCUT2D eigenvalue weighted by Crippen LogP contribution is -2.48. The first-order valence-corrected chi connectivity index (χ1v) is 7.20. The third-order valence-electron chi connectivity index (χ3n) is 3.21. The quantitative estimate of drug-likeness (QED) is 0.625. The summed E-state index contributed by atoms with van der Waals surface area (Å²) in [6.45, 7) is 3.58. The number of halogens is 2. The number of hydrogen-bond acceptors (Lipinski definition) is 5. The van der Waals surface area contributed by atoms with Crippen molar-refractivity contribution in [2.75, 3.05) is 31.7 Å². The highest BCUT2D eigenvalue weighted by molar-refractivity contribution is 6.39. The van der Waals surface area contributed by atoms with Gasteiger partial charge in [0.1, 0.15) is 0 Å². The smallest absolute Gasteiger partial charge is 0.272 e. The summed E-state index contributed by atoms with van der Waals surface area (Å²) < 4.78 is 10.9. The minimum absolute atomic E-state index is 0.0128. The van der Waals surface area contributed by atoms with Crippen LogP contribution in [0.3, 0.4) is 0 Å². The Morgan fingerprint density at radius 3 is 2.57 bits per heavy atom. The molecule has 1 aromatic rings. The van der Waals surface area contributed by atoms with Crippen molar-refractivity contribution < 1.29 is 14.4 Å². The van der Waals surface area contributed by atoms with Crippen molar-refractivity contribution >= 4 is 34.6 Å². The van der Waals surface area contributed by atoms with Crippen LogP contribution in [0.5, 0.6) is 0 Å². The van der Waals surface area contributed by atoms with Gasteiger partial charge in [-0.1, -0.05) is 23.2 Å². The molecule has 0 aliphatic carbocycles. The molecule has 0 N–H and O–H groups in total. The molecule has 1 aromatic carbocycles. The molecule has 0 saturated carbocycles. The maximum Gasteiger partial charge on any atom is 0.272 e. The van der Waals surface area contributed by atoms with Gasteiger partial charge in [-0.25, -0.2) is 0 Å². The highest BCUT2D eigenvalue weighted by Gasteiger charge is 2.28. The van der Waals surface area contributed by atoms with Gasteiger partial charge < -0.3 is 14.4 Å². The Labute approximate surface area is 132 Å². The number of anilines is 1. The molecule has 1 aliphatic heterocycles. The van der Waals surface area contributed by atoms with Gasteiger partial charge in [0.15, 0.2) is 0 Å². The monoisotopic (exact) mass is 334 g/mol. The van der Waals surface area contributed by atoms with E-state index in [4.69, 9.17) is 32.7 Å². The SMILES string of the molecule is COCC1CN(c2c(Cl)cc([N+](=O)[O-])cc2Cl)CC(C)O1. The minimum atomic E-state index is -0.517. The number of nitro benzene ring substituents is 1. The zero-order valence-electron chi connectivity index (χ0n) is 11.7. The number of methoxy groups -OCH3 is 1. The standard InChI is InChI=1S/C13H16Cl2N2O4/c1-8-5-16(6-10(21-8)7-20-2)13-11(14)3-9(17(18)19)4-12(13)15/h3-4,8,10H,5-7H2,1-2H3. The number of nitrogens with zero attached hydrogens (tertiary/aromatic N) is 2. The van der Waals surface area contributed by atoms with Crippen LogP contribution in [0.1, 0.15) is 6.92 Å². The zero-order chi connectivity index (χ0) is 15.6. The molecule has 1 fully saturated rings. The predicted octanol–water partition coefficient (Wildman–Crippen LogP) is 3.14. The van der Waals surface area contributed by atoms with Crippen LogP contribution in [0, 0.1) is 10.1 Å². The van der Waals surface area contributed by atoms with Crippen LogP contribution in [-0.2, 0) is 9.47 Å². The van der Waals surface area contributed by atoms with Gasteiger partial charge in [0.2, 0.25) is 0 Å². The Bertz CT molecular complexity index is 518. The molecule has 0 amide bonds. The molecule has 0 bridgehead atoms. The van der Waals surface area contributed by atoms with Crippen molar-refractivity contribution in [2.24, 2.45) is 0 Å². The van der Waals surface area contributed by atoms with Gasteiger partial charge in [0.05, 0.1) is 39.5 Å². The van der Waals surface area contributed by atoms with E-state index in [1.807, 2.05) is 11.8 Å². The van der Waals surface area contributed by atoms with Crippen LogP contribution in [0.2, 0.25) is 10.0 Å². The molecule has 0 spiro atoms. The van der Waals surface area contributed by atoms with Crippen molar-refractivity contribution in [2.45, 2.75) is 19.1 Å². The number of rotatable bonds is 4. The molecule has 0 radical (unpaired) electrons. The summed E-state index contributed by atoms with van der Waals surface area (Å²) in [5.74, 6) is 0. The highest BCUT2D eigenvalue weighted by Crippen LogP contribution is 2.38. The fourth-order valence-electron chi connectivity index (χ4n) is 2.47. The number of non-ortho nitro benzene ring substituents is 1. The third-order valence-corrected chi connectivity index (χ3v) is 3.78. The lowest BCUT2D eigenvalue weighted by atomic mass is 10.2. The summed E-state index contributed by atoms with van der Waals surface area (Å²) in [7, 11) is 1.61. The topological polar surface area (TPSA) is 64.8 Å². The molecule has 6 nitrogen and oxygen atoms in total. The molecule has 2 unspecified atom stereocenters. The van der Waals surface area contributed by atoms with Crippen molar-refractivity contribution in [3.05, 3.63) is 32.3 Å². The van der Waals surface area contributed by atoms with Crippen molar-refractivity contribution in [1.82, 2.24) is 0 Å². The molecule has 1 saturated heterocycles. The van der Waals surface area contributed by atoms with E-state index in [1.54, 1.807) is 7.11 Å². The van der Waals surface area contributed by atoms with Gasteiger partial charge in [-0.05, 0) is 6.92 Å². The zero-order valence-corrected chi connectivity index (χ0v) is 13.2. The van der Waals surface area contributed by atoms with E-state index in [9.17, 15) is 10.1 Å². The van der Waals surface area contributed by atoms with E-state index in [0.717, 1.165) is 0 Å². The van der Waals surface area contributed by atoms with Crippen molar-refractivity contribution in [1.29, 1.82) is 0 Å². The van der Waals surface area contributed by atoms with Gasteiger partial charge >= 0.3 is 0 Å². The van der Waals surface area contributed by atoms with Crippen LogP contribution < -0.4 is 4.90 Å². The molecule has 1 aliphatic rings. The first-order valence-electron chi connectivity index (χ1n) is 6.45. The van der Waals surface area contributed by atoms with Crippen LogP contribution in [-0.4, -0.2) is 43.9 Å². The second kappa shape index (κ2) is 6.79. The fraction of sp³-hybridized carbons (Fsp3) is 0.538. The van der Waals surface area contributed by atoms with Crippen molar-refractivity contribution in [3.63, 3.8) is 0 Å². The van der Waals surface area contributed by atoms with Crippen LogP contribution in [0.25, 0.3) is 0 Å². The Morgan fingerprint density at radius 2 is 2.05 bits per heavy atom. The number of nitro groups is 1. The van der Waals surface area contributed by atoms with E-state index in [1.165, 1.54) is 12.1 Å². The summed E-state index contributed by atoms with van der Waals surface area (Å²) in [4.78, 5) is 12.3. The molecular formula is C13H16Cl2N2O4. The number of benzene rings is 1. The molecule has 1 heterocycles. The summed E-state index contributed by atoms with van der Waals surface area (Å²) in [6, 6.07) is 2.63. The molecular weight excluding hydrogens is 319 g/mol. The summed E-state index contributed by atoms with van der Waals surface area (Å²) in [5.41, 5.74) is 0.476. The third kappa shape index (κ3) is 3.77. The molecule has 21 heavy (non-hydrogen) atoms. The average molecular weight is 335 g/mol. The molecule has 0 aromatic heterocycles. The largest absolute Gasteiger partial charge is 0.382 e. The maximum absolute atomic E-state index is 10.8. The number of hydrogen-bond donors (Lipinski definition) is 0. The lowest BCUT2D eigenvalue weighted by Gasteiger charge is -2.38. The van der Waals surface area contributed by atoms with Crippen LogP contribution in [0.15, 0.2) is 12.1 Å². The van der Waals surface area contributed by atoms with E-state index in [0.29, 0.717) is 25.4 Å². The van der Waals surface area contributed by atoms with Gasteiger partial charge in [-0.15, -0.1) is 0 Å². The molecule has 2 rings (SSSR count). The predicted molar refractivity (Wildman–Crippen MR) is 81.5 cm³/mol. The molecule has 2 atom stereocenters. The Hall–Kier alpha value is -1.08. The lowest BCUT2D eigenvalue weighted by molar-refractivity contribution is -0.384. The summed E-state index contributed by atoms with van der Waals surface area (Å²) in [6.07, 6.45) is -0.109. The minimum Gasteiger partial charge on any atom is -0.382 e. The summed E-state index contributed by atoms with van der Waals surface area (Å²) >= 11 is 12.4. The normalized spacial score (nSPS) is 22.4. The second-order valence-electron chi connectivity index (χ2n) is 4.94. The Balaban J connectivity index is 2.30. The van der Waals surface area contributed by atoms with Gasteiger partial charge in [-0.2, -0.15) is 0 Å². The Morgan fingerprint density at radius 1 is 1.43 bits per heavy atom. The first kappa shape index (κ1) is 16.3. The van der Waals surface area contributed by atoms with Gasteiger partial charge in [0.25, 0.3) is 5.69 Å². The van der Waals surface area contributed by atoms with Crippen molar-refractivity contribution in [3.8, 4) is 0 Å². The Kier molecular flexibility index (Phi) is 5.27. The van der Waals surface area contributed by atoms with E-state index >= 15 is 0 Å². The summed E-state index contributed by atoms with van der Waals surface area (Å²) in [5, 5.41) is 11.3. The second-order valence-corrected chi connectivity index (χ2v) is 5.76. The van der Waals surface area contributed by atoms with Gasteiger partial charge in [0, 0.05) is 32.3 Å². The first-order chi connectivity index (χ1) is 9.92. The van der Waals surface area contributed by atoms with E-state index in [2.05, 4.69) is 0 Å². The van der Waals surface area contributed by atoms with E-state index in [-0.39, 0.29) is 27.9 Å². The van der Waals surface area contributed by atoms with E-state index < -0.39 is 4.92 Å². The number of ether oxygens (including phenoxy) is 2. The maximum atomic E-state index is 10.8. The van der Waals surface area contributed by atoms with Crippen LogP contribution >= 0.6 is 23.2 Å². The highest BCUT2D eigenvalue weighted by atomic mass is 35.5. The van der Waals surface area contributed by atoms with Crippen LogP contribution in [0.4, 0.5) is 11.4 Å². The number of morpholine rings is 1. The molecule has 8 heteroatoms. The van der Waals surface area contributed by atoms with Gasteiger partial charge in [-0.3, -0.25) is 10.1 Å². The molecule has 116 valence electrons.